The Hall–Kier alpha value is -2.79. The minimum absolute atomic E-state index is 0.112. The van der Waals surface area contributed by atoms with E-state index in [9.17, 15) is 22.2 Å². The monoisotopic (exact) mass is 447 g/mol. The van der Waals surface area contributed by atoms with Crippen molar-refractivity contribution in [2.75, 3.05) is 18.4 Å². The topological polar surface area (TPSA) is 93.3 Å². The van der Waals surface area contributed by atoms with Crippen molar-refractivity contribution in [3.63, 3.8) is 0 Å². The molecule has 2 aromatic heterocycles. The number of hydrogen-bond acceptors (Lipinski definition) is 5. The number of ether oxygens (including phenoxy) is 2. The molecule has 3 aromatic rings. The standard InChI is InChI=1S/C17H13ClF3N3O4S/c1-27-17-12(5-10(19)16(23-17)28-7-14(20)21)24-29(26)13-6-15(25)22-11-4-8(18)2-3-9(11)13/h2-6,14,24H,7H2,1H3,(H,22,25). The van der Waals surface area contributed by atoms with Gasteiger partial charge in [0.05, 0.1) is 17.5 Å². The predicted octanol–water partition coefficient (Wildman–Crippen LogP) is 3.50. The fourth-order valence-corrected chi connectivity index (χ4v) is 3.66. The number of nitrogens with one attached hydrogen (secondary N) is 2. The van der Waals surface area contributed by atoms with Crippen LogP contribution in [0.5, 0.6) is 11.8 Å². The Morgan fingerprint density at radius 2 is 2.03 bits per heavy atom. The van der Waals surface area contributed by atoms with Crippen LogP contribution in [0.1, 0.15) is 0 Å². The molecule has 12 heteroatoms. The number of nitrogens with zero attached hydrogens (tertiary/aromatic N) is 1. The molecule has 0 saturated carbocycles. The van der Waals surface area contributed by atoms with Crippen molar-refractivity contribution in [1.82, 2.24) is 9.97 Å². The molecule has 0 aliphatic rings. The summed E-state index contributed by atoms with van der Waals surface area (Å²) in [6.07, 6.45) is -2.81. The Morgan fingerprint density at radius 3 is 2.72 bits per heavy atom. The molecule has 1 atom stereocenters. The van der Waals surface area contributed by atoms with Crippen LogP contribution in [-0.4, -0.2) is 34.3 Å². The van der Waals surface area contributed by atoms with Crippen LogP contribution in [-0.2, 0) is 11.0 Å². The molecular weight excluding hydrogens is 435 g/mol. The number of pyridine rings is 2. The smallest absolute Gasteiger partial charge is 0.272 e. The first-order valence-electron chi connectivity index (χ1n) is 7.95. The summed E-state index contributed by atoms with van der Waals surface area (Å²) in [5.74, 6) is -1.98. The zero-order valence-corrected chi connectivity index (χ0v) is 16.2. The first-order chi connectivity index (χ1) is 13.8. The molecule has 7 nitrogen and oxygen atoms in total. The molecule has 0 amide bonds. The Balaban J connectivity index is 1.96. The molecule has 154 valence electrons. The van der Waals surface area contributed by atoms with E-state index >= 15 is 0 Å². The first kappa shape index (κ1) is 20.9. The number of methoxy groups -OCH3 is 1. The molecule has 2 N–H and O–H groups in total. The van der Waals surface area contributed by atoms with Gasteiger partial charge in [0.15, 0.2) is 23.4 Å². The van der Waals surface area contributed by atoms with E-state index in [0.717, 1.165) is 12.1 Å². The third kappa shape index (κ3) is 4.80. The Bertz CT molecular complexity index is 1140. The van der Waals surface area contributed by atoms with Crippen LogP contribution in [0.2, 0.25) is 5.02 Å². The van der Waals surface area contributed by atoms with Gasteiger partial charge in [-0.05, 0) is 12.1 Å². The quantitative estimate of drug-likeness (QED) is 0.578. The van der Waals surface area contributed by atoms with Gasteiger partial charge in [0.25, 0.3) is 12.3 Å². The van der Waals surface area contributed by atoms with Crippen LogP contribution < -0.4 is 19.8 Å². The lowest BCUT2D eigenvalue weighted by Crippen LogP contribution is -2.14. The van der Waals surface area contributed by atoms with Crippen LogP contribution in [0.3, 0.4) is 0 Å². The van der Waals surface area contributed by atoms with Crippen molar-refractivity contribution in [2.24, 2.45) is 0 Å². The summed E-state index contributed by atoms with van der Waals surface area (Å²) < 4.78 is 63.6. The normalized spacial score (nSPS) is 12.2. The van der Waals surface area contributed by atoms with E-state index in [1.54, 1.807) is 12.1 Å². The maximum Gasteiger partial charge on any atom is 0.272 e. The molecular formula is C17H13ClF3N3O4S. The highest BCUT2D eigenvalue weighted by atomic mass is 35.5. The van der Waals surface area contributed by atoms with E-state index in [0.29, 0.717) is 15.9 Å². The molecule has 2 heterocycles. The summed E-state index contributed by atoms with van der Waals surface area (Å²) in [6, 6.07) is 6.59. The zero-order chi connectivity index (χ0) is 21.1. The van der Waals surface area contributed by atoms with Crippen molar-refractivity contribution in [2.45, 2.75) is 11.3 Å². The SMILES string of the molecule is COc1nc(OCC(F)F)c(F)cc1NS(=O)c1cc(=O)[nH]c2cc(Cl)ccc12. The zero-order valence-electron chi connectivity index (χ0n) is 14.7. The number of anilines is 1. The molecule has 0 saturated heterocycles. The predicted molar refractivity (Wildman–Crippen MR) is 102 cm³/mol. The van der Waals surface area contributed by atoms with Gasteiger partial charge in [0.2, 0.25) is 11.4 Å². The molecule has 0 spiro atoms. The van der Waals surface area contributed by atoms with E-state index in [1.165, 1.54) is 13.2 Å². The van der Waals surface area contributed by atoms with Gasteiger partial charge in [0.1, 0.15) is 5.69 Å². The highest BCUT2D eigenvalue weighted by Crippen LogP contribution is 2.30. The van der Waals surface area contributed by atoms with E-state index in [1.807, 2.05) is 0 Å². The molecule has 0 aliphatic heterocycles. The molecule has 29 heavy (non-hydrogen) atoms. The average Bonchev–Trinajstić information content (AvgIpc) is 2.66. The van der Waals surface area contributed by atoms with Gasteiger partial charge in [-0.15, -0.1) is 0 Å². The lowest BCUT2D eigenvalue weighted by Gasteiger charge is -2.13. The largest absolute Gasteiger partial charge is 0.479 e. The second kappa shape index (κ2) is 8.70. The van der Waals surface area contributed by atoms with Crippen molar-refractivity contribution < 1.29 is 26.9 Å². The Labute approximate surface area is 169 Å². The van der Waals surface area contributed by atoms with E-state index in [2.05, 4.69) is 19.4 Å². The second-order valence-corrected chi connectivity index (χ2v) is 7.21. The van der Waals surface area contributed by atoms with E-state index in [4.69, 9.17) is 16.3 Å². The number of rotatable bonds is 7. The van der Waals surface area contributed by atoms with Crippen LogP contribution >= 0.6 is 11.6 Å². The number of H-pyrrole nitrogens is 1. The van der Waals surface area contributed by atoms with Crippen LogP contribution in [0.4, 0.5) is 18.9 Å². The molecule has 1 unspecified atom stereocenters. The van der Waals surface area contributed by atoms with E-state index in [-0.39, 0.29) is 16.5 Å². The van der Waals surface area contributed by atoms with Crippen molar-refractivity contribution in [3.05, 3.63) is 51.5 Å². The summed E-state index contributed by atoms with van der Waals surface area (Å²) in [4.78, 5) is 18.2. The number of halogens is 4. The van der Waals surface area contributed by atoms with Gasteiger partial charge >= 0.3 is 0 Å². The number of aromatic nitrogens is 2. The number of aromatic amines is 1. The summed E-state index contributed by atoms with van der Waals surface area (Å²) in [5.41, 5.74) is -0.283. The first-order valence-corrected chi connectivity index (χ1v) is 9.47. The summed E-state index contributed by atoms with van der Waals surface area (Å²) >= 11 is 5.91. The summed E-state index contributed by atoms with van der Waals surface area (Å²) in [5, 5.41) is 0.820. The average molecular weight is 448 g/mol. The Kier molecular flexibility index (Phi) is 6.28. The molecule has 1 aromatic carbocycles. The van der Waals surface area contributed by atoms with Crippen LogP contribution in [0.15, 0.2) is 40.0 Å². The van der Waals surface area contributed by atoms with Gasteiger partial charge in [-0.3, -0.25) is 9.52 Å². The van der Waals surface area contributed by atoms with Gasteiger partial charge in [-0.25, -0.2) is 17.4 Å². The fraction of sp³-hybridized carbons (Fsp3) is 0.176. The summed E-state index contributed by atoms with van der Waals surface area (Å²) in [6.45, 7) is -1.05. The minimum Gasteiger partial charge on any atom is -0.479 e. The highest BCUT2D eigenvalue weighted by molar-refractivity contribution is 7.86. The number of alkyl halides is 2. The number of benzene rings is 1. The Morgan fingerprint density at radius 1 is 1.28 bits per heavy atom. The lowest BCUT2D eigenvalue weighted by atomic mass is 10.2. The van der Waals surface area contributed by atoms with Crippen molar-refractivity contribution in [3.8, 4) is 11.8 Å². The van der Waals surface area contributed by atoms with Gasteiger partial charge in [0, 0.05) is 22.5 Å². The maximum atomic E-state index is 14.1. The molecule has 0 radical (unpaired) electrons. The minimum atomic E-state index is -2.81. The van der Waals surface area contributed by atoms with Gasteiger partial charge in [-0.1, -0.05) is 17.7 Å². The fourth-order valence-electron chi connectivity index (χ4n) is 2.44. The van der Waals surface area contributed by atoms with Crippen molar-refractivity contribution >= 4 is 39.2 Å². The number of fused-ring (bicyclic) bond motifs is 1. The number of hydrogen-bond donors (Lipinski definition) is 2. The molecule has 0 fully saturated rings. The van der Waals surface area contributed by atoms with Gasteiger partial charge < -0.3 is 14.5 Å². The summed E-state index contributed by atoms with van der Waals surface area (Å²) in [7, 11) is -0.820. The maximum absolute atomic E-state index is 14.1. The van der Waals surface area contributed by atoms with Crippen LogP contribution in [0, 0.1) is 5.82 Å². The van der Waals surface area contributed by atoms with E-state index < -0.39 is 41.3 Å². The third-order valence-corrected chi connectivity index (χ3v) is 5.00. The highest BCUT2D eigenvalue weighted by Gasteiger charge is 2.19. The molecule has 0 bridgehead atoms. The lowest BCUT2D eigenvalue weighted by molar-refractivity contribution is 0.0770. The van der Waals surface area contributed by atoms with Crippen LogP contribution in [0.25, 0.3) is 10.9 Å². The molecule has 3 rings (SSSR count). The van der Waals surface area contributed by atoms with Crippen molar-refractivity contribution in [1.29, 1.82) is 0 Å². The van der Waals surface area contributed by atoms with Gasteiger partial charge in [-0.2, -0.15) is 4.98 Å². The molecule has 0 aliphatic carbocycles. The second-order valence-electron chi connectivity index (χ2n) is 5.59. The third-order valence-electron chi connectivity index (χ3n) is 3.62.